The van der Waals surface area contributed by atoms with E-state index in [0.29, 0.717) is 21.8 Å². The minimum atomic E-state index is -0.311. The maximum atomic E-state index is 12.8. The zero-order chi connectivity index (χ0) is 18.6. The fraction of sp³-hybridized carbons (Fsp3) is 0. The van der Waals surface area contributed by atoms with Crippen LogP contribution in [0.2, 0.25) is 0 Å². The Hall–Kier alpha value is -3.51. The Morgan fingerprint density at radius 1 is 0.852 bits per heavy atom. The van der Waals surface area contributed by atoms with E-state index in [1.807, 2.05) is 41.8 Å². The molecule has 0 fully saturated rings. The molecule has 2 N–H and O–H groups in total. The number of pyridine rings is 1. The minimum Gasteiger partial charge on any atom is -0.321 e. The molecule has 0 aliphatic rings. The van der Waals surface area contributed by atoms with Gasteiger partial charge in [0.05, 0.1) is 33.5 Å². The fourth-order valence-corrected chi connectivity index (χ4v) is 3.34. The molecule has 27 heavy (non-hydrogen) atoms. The first-order valence-electron chi connectivity index (χ1n) is 8.31. The van der Waals surface area contributed by atoms with Gasteiger partial charge in [-0.25, -0.2) is 0 Å². The number of benzene rings is 2. The number of amides is 2. The van der Waals surface area contributed by atoms with Crippen LogP contribution in [0.1, 0.15) is 20.0 Å². The SMILES string of the molecule is O=C(Nc1ccccc1C(=O)Nc1cnc2ccccc2c1)c1cccs1. The number of para-hydroxylation sites is 2. The van der Waals surface area contributed by atoms with Crippen LogP contribution in [0.4, 0.5) is 11.4 Å². The number of fused-ring (bicyclic) bond motifs is 1. The van der Waals surface area contributed by atoms with Crippen LogP contribution in [0.3, 0.4) is 0 Å². The molecule has 0 radical (unpaired) electrons. The summed E-state index contributed by atoms with van der Waals surface area (Å²) in [6, 6.07) is 20.0. The third-order valence-electron chi connectivity index (χ3n) is 4.01. The van der Waals surface area contributed by atoms with Crippen molar-refractivity contribution < 1.29 is 9.59 Å². The lowest BCUT2D eigenvalue weighted by Crippen LogP contribution is -2.17. The number of hydrogen-bond acceptors (Lipinski definition) is 4. The van der Waals surface area contributed by atoms with Crippen molar-refractivity contribution in [3.63, 3.8) is 0 Å². The molecule has 6 heteroatoms. The van der Waals surface area contributed by atoms with Crippen molar-refractivity contribution >= 4 is 45.4 Å². The van der Waals surface area contributed by atoms with Gasteiger partial charge >= 0.3 is 0 Å². The number of nitrogens with zero attached hydrogens (tertiary/aromatic N) is 1. The monoisotopic (exact) mass is 373 g/mol. The number of carbonyl (C=O) groups is 2. The van der Waals surface area contributed by atoms with Gasteiger partial charge in [0.2, 0.25) is 0 Å². The summed E-state index contributed by atoms with van der Waals surface area (Å²) in [5.41, 5.74) is 2.30. The van der Waals surface area contributed by atoms with E-state index in [2.05, 4.69) is 15.6 Å². The standard InChI is InChI=1S/C21H15N3O2S/c25-20(23-15-12-14-6-1-3-8-17(14)22-13-15)16-7-2-4-9-18(16)24-21(26)19-10-5-11-27-19/h1-13H,(H,23,25)(H,24,26). The number of hydrogen-bond donors (Lipinski definition) is 2. The summed E-state index contributed by atoms with van der Waals surface area (Å²) in [6.45, 7) is 0. The lowest BCUT2D eigenvalue weighted by Gasteiger charge is -2.11. The van der Waals surface area contributed by atoms with Gasteiger partial charge in [0.25, 0.3) is 11.8 Å². The Morgan fingerprint density at radius 2 is 1.67 bits per heavy atom. The average molecular weight is 373 g/mol. The number of carbonyl (C=O) groups excluding carboxylic acids is 2. The van der Waals surface area contributed by atoms with Crippen molar-refractivity contribution in [3.8, 4) is 0 Å². The molecule has 2 amide bonds. The quantitative estimate of drug-likeness (QED) is 0.540. The number of anilines is 2. The Balaban J connectivity index is 1.57. The number of thiophene rings is 1. The van der Waals surface area contributed by atoms with Gasteiger partial charge in [-0.2, -0.15) is 0 Å². The van der Waals surface area contributed by atoms with Crippen molar-refractivity contribution in [3.05, 3.63) is 88.7 Å². The molecule has 2 aromatic heterocycles. The molecule has 5 nitrogen and oxygen atoms in total. The molecule has 0 spiro atoms. The van der Waals surface area contributed by atoms with Crippen molar-refractivity contribution in [2.24, 2.45) is 0 Å². The second kappa shape index (κ2) is 7.39. The molecule has 0 unspecified atom stereocenters. The van der Waals surface area contributed by atoms with Gasteiger partial charge in [-0.1, -0.05) is 36.4 Å². The maximum absolute atomic E-state index is 12.8. The average Bonchev–Trinajstić information content (AvgIpc) is 3.23. The zero-order valence-electron chi connectivity index (χ0n) is 14.2. The maximum Gasteiger partial charge on any atom is 0.265 e. The Bertz CT molecular complexity index is 1120. The first-order valence-corrected chi connectivity index (χ1v) is 9.19. The second-order valence-electron chi connectivity index (χ2n) is 5.85. The molecular weight excluding hydrogens is 358 g/mol. The van der Waals surface area contributed by atoms with Crippen LogP contribution >= 0.6 is 11.3 Å². The van der Waals surface area contributed by atoms with Gasteiger partial charge in [-0.15, -0.1) is 11.3 Å². The number of aromatic nitrogens is 1. The van der Waals surface area contributed by atoms with E-state index >= 15 is 0 Å². The molecule has 2 heterocycles. The molecule has 4 aromatic rings. The van der Waals surface area contributed by atoms with E-state index in [-0.39, 0.29) is 11.8 Å². The van der Waals surface area contributed by atoms with E-state index in [1.165, 1.54) is 11.3 Å². The molecule has 2 aromatic carbocycles. The summed E-state index contributed by atoms with van der Waals surface area (Å²) in [7, 11) is 0. The van der Waals surface area contributed by atoms with Crippen LogP contribution in [0.5, 0.6) is 0 Å². The lowest BCUT2D eigenvalue weighted by atomic mass is 10.1. The van der Waals surface area contributed by atoms with Crippen molar-refractivity contribution in [2.75, 3.05) is 10.6 Å². The van der Waals surface area contributed by atoms with Crippen molar-refractivity contribution in [2.45, 2.75) is 0 Å². The summed E-state index contributed by atoms with van der Waals surface area (Å²) in [5, 5.41) is 8.43. The molecule has 4 rings (SSSR count). The first-order chi connectivity index (χ1) is 13.2. The van der Waals surface area contributed by atoms with Gasteiger partial charge < -0.3 is 10.6 Å². The summed E-state index contributed by atoms with van der Waals surface area (Å²) in [5.74, 6) is -0.549. The van der Waals surface area contributed by atoms with Crippen LogP contribution in [-0.2, 0) is 0 Å². The van der Waals surface area contributed by atoms with Crippen LogP contribution in [0.25, 0.3) is 10.9 Å². The Labute approximate surface area is 159 Å². The smallest absolute Gasteiger partial charge is 0.265 e. The summed E-state index contributed by atoms with van der Waals surface area (Å²) in [6.07, 6.45) is 1.62. The minimum absolute atomic E-state index is 0.238. The van der Waals surface area contributed by atoms with Gasteiger partial charge in [-0.3, -0.25) is 14.6 Å². The van der Waals surface area contributed by atoms with Crippen LogP contribution in [0, 0.1) is 0 Å². The van der Waals surface area contributed by atoms with Crippen molar-refractivity contribution in [1.82, 2.24) is 4.98 Å². The second-order valence-corrected chi connectivity index (χ2v) is 6.80. The largest absolute Gasteiger partial charge is 0.321 e. The third kappa shape index (κ3) is 3.70. The first kappa shape index (κ1) is 16.9. The van der Waals surface area contributed by atoms with Crippen molar-refractivity contribution in [1.29, 1.82) is 0 Å². The predicted octanol–water partition coefficient (Wildman–Crippen LogP) is 4.80. The summed E-state index contributed by atoms with van der Waals surface area (Å²) >= 11 is 1.35. The molecule has 132 valence electrons. The molecule has 0 bridgehead atoms. The highest BCUT2D eigenvalue weighted by Crippen LogP contribution is 2.21. The fourth-order valence-electron chi connectivity index (χ4n) is 2.72. The number of rotatable bonds is 4. The molecule has 0 atom stereocenters. The van der Waals surface area contributed by atoms with Gasteiger partial charge in [0.15, 0.2) is 0 Å². The Morgan fingerprint density at radius 3 is 2.52 bits per heavy atom. The molecule has 0 saturated carbocycles. The summed E-state index contributed by atoms with van der Waals surface area (Å²) < 4.78 is 0. The lowest BCUT2D eigenvalue weighted by molar-refractivity contribution is 0.102. The van der Waals surface area contributed by atoms with E-state index in [4.69, 9.17) is 0 Å². The molecule has 0 saturated heterocycles. The highest BCUT2D eigenvalue weighted by molar-refractivity contribution is 7.12. The Kier molecular flexibility index (Phi) is 4.63. The highest BCUT2D eigenvalue weighted by Gasteiger charge is 2.15. The van der Waals surface area contributed by atoms with Gasteiger partial charge in [-0.05, 0) is 35.7 Å². The van der Waals surface area contributed by atoms with Crippen LogP contribution in [-0.4, -0.2) is 16.8 Å². The molecule has 0 aliphatic carbocycles. The van der Waals surface area contributed by atoms with Gasteiger partial charge in [0, 0.05) is 5.39 Å². The third-order valence-corrected chi connectivity index (χ3v) is 4.88. The zero-order valence-corrected chi connectivity index (χ0v) is 15.0. The van der Waals surface area contributed by atoms with E-state index in [1.54, 1.807) is 36.5 Å². The van der Waals surface area contributed by atoms with Gasteiger partial charge in [0.1, 0.15) is 0 Å². The van der Waals surface area contributed by atoms with E-state index in [9.17, 15) is 9.59 Å². The summed E-state index contributed by atoms with van der Waals surface area (Å²) in [4.78, 5) is 30.0. The normalized spacial score (nSPS) is 10.5. The van der Waals surface area contributed by atoms with Crippen LogP contribution in [0.15, 0.2) is 78.3 Å². The topological polar surface area (TPSA) is 71.1 Å². The number of nitrogens with one attached hydrogen (secondary N) is 2. The highest BCUT2D eigenvalue weighted by atomic mass is 32.1. The van der Waals surface area contributed by atoms with E-state index in [0.717, 1.165) is 10.9 Å². The van der Waals surface area contributed by atoms with E-state index < -0.39 is 0 Å². The molecular formula is C21H15N3O2S. The molecule has 0 aliphatic heterocycles. The van der Waals surface area contributed by atoms with Crippen LogP contribution < -0.4 is 10.6 Å². The predicted molar refractivity (Wildman–Crippen MR) is 108 cm³/mol.